The van der Waals surface area contributed by atoms with E-state index in [1.54, 1.807) is 17.9 Å². The van der Waals surface area contributed by atoms with Gasteiger partial charge in [-0.3, -0.25) is 9.78 Å². The van der Waals surface area contributed by atoms with Gasteiger partial charge in [0.1, 0.15) is 28.8 Å². The number of carbonyl (C=O) groups is 1. The average molecular weight is 492 g/mol. The molecule has 184 valence electrons. The Bertz CT molecular complexity index is 1300. The SMILES string of the molecule is CCN1Cc2c(ccnc2NC(C)c2cc(F)c(-c3cc(C(F)(F)F)c(OC)cn3)cc2F)C1=O. The topological polar surface area (TPSA) is 67.3 Å². The minimum Gasteiger partial charge on any atom is -0.495 e. The van der Waals surface area contributed by atoms with Crippen LogP contribution in [0.2, 0.25) is 0 Å². The van der Waals surface area contributed by atoms with Crippen molar-refractivity contribution >= 4 is 11.7 Å². The lowest BCUT2D eigenvalue weighted by Crippen LogP contribution is -2.22. The van der Waals surface area contributed by atoms with Crippen LogP contribution in [0.15, 0.2) is 36.7 Å². The number of benzene rings is 1. The van der Waals surface area contributed by atoms with Gasteiger partial charge in [-0.1, -0.05) is 0 Å². The summed E-state index contributed by atoms with van der Waals surface area (Å²) in [6.07, 6.45) is -2.50. The molecule has 0 aliphatic carbocycles. The first kappa shape index (κ1) is 24.4. The van der Waals surface area contributed by atoms with Crippen molar-refractivity contribution in [3.05, 3.63) is 70.5 Å². The van der Waals surface area contributed by atoms with Crippen molar-refractivity contribution in [2.75, 3.05) is 19.0 Å². The zero-order valence-electron chi connectivity index (χ0n) is 19.0. The Labute approximate surface area is 197 Å². The van der Waals surface area contributed by atoms with Crippen LogP contribution in [0.3, 0.4) is 0 Å². The van der Waals surface area contributed by atoms with E-state index >= 15 is 4.39 Å². The zero-order chi connectivity index (χ0) is 25.5. The predicted octanol–water partition coefficient (Wildman–Crippen LogP) is 5.60. The lowest BCUT2D eigenvalue weighted by Gasteiger charge is -2.19. The number of nitrogens with zero attached hydrogens (tertiary/aromatic N) is 3. The molecule has 0 spiro atoms. The number of methoxy groups -OCH3 is 1. The van der Waals surface area contributed by atoms with Crippen molar-refractivity contribution in [1.29, 1.82) is 0 Å². The Morgan fingerprint density at radius 1 is 1.14 bits per heavy atom. The van der Waals surface area contributed by atoms with Gasteiger partial charge in [0.05, 0.1) is 31.6 Å². The molecule has 6 nitrogen and oxygen atoms in total. The summed E-state index contributed by atoms with van der Waals surface area (Å²) in [5, 5.41) is 3.02. The Morgan fingerprint density at radius 3 is 2.54 bits per heavy atom. The largest absolute Gasteiger partial charge is 0.495 e. The first-order valence-electron chi connectivity index (χ1n) is 10.7. The number of hydrogen-bond acceptors (Lipinski definition) is 5. The highest BCUT2D eigenvalue weighted by Crippen LogP contribution is 2.39. The van der Waals surface area contributed by atoms with Gasteiger partial charge >= 0.3 is 6.18 Å². The smallest absolute Gasteiger partial charge is 0.420 e. The monoisotopic (exact) mass is 492 g/mol. The van der Waals surface area contributed by atoms with Crippen LogP contribution in [-0.4, -0.2) is 34.4 Å². The van der Waals surface area contributed by atoms with Gasteiger partial charge in [0.2, 0.25) is 0 Å². The molecule has 1 atom stereocenters. The molecule has 1 aromatic carbocycles. The number of halogens is 5. The predicted molar refractivity (Wildman–Crippen MR) is 118 cm³/mol. The maximum atomic E-state index is 15.0. The van der Waals surface area contributed by atoms with Gasteiger partial charge in [-0.15, -0.1) is 0 Å². The van der Waals surface area contributed by atoms with Crippen molar-refractivity contribution in [2.24, 2.45) is 0 Å². The second-order valence-corrected chi connectivity index (χ2v) is 7.99. The number of rotatable bonds is 6. The maximum Gasteiger partial charge on any atom is 0.420 e. The summed E-state index contributed by atoms with van der Waals surface area (Å²) in [5.41, 5.74) is -0.872. The molecule has 1 unspecified atom stereocenters. The van der Waals surface area contributed by atoms with Crippen molar-refractivity contribution in [3.8, 4) is 17.0 Å². The summed E-state index contributed by atoms with van der Waals surface area (Å²) < 4.78 is 74.7. The fourth-order valence-electron chi connectivity index (χ4n) is 4.01. The van der Waals surface area contributed by atoms with Crippen LogP contribution >= 0.6 is 0 Å². The molecule has 11 heteroatoms. The highest BCUT2D eigenvalue weighted by atomic mass is 19.4. The van der Waals surface area contributed by atoms with Crippen LogP contribution in [0.25, 0.3) is 11.3 Å². The summed E-state index contributed by atoms with van der Waals surface area (Å²) >= 11 is 0. The van der Waals surface area contributed by atoms with Gasteiger partial charge in [0, 0.05) is 35.0 Å². The Kier molecular flexibility index (Phi) is 6.35. The molecule has 1 N–H and O–H groups in total. The molecule has 35 heavy (non-hydrogen) atoms. The molecule has 0 saturated carbocycles. The quantitative estimate of drug-likeness (QED) is 0.454. The van der Waals surface area contributed by atoms with E-state index in [1.165, 1.54) is 6.20 Å². The van der Waals surface area contributed by atoms with E-state index in [9.17, 15) is 22.4 Å². The van der Waals surface area contributed by atoms with Gasteiger partial charge in [-0.05, 0) is 38.1 Å². The normalized spacial score (nSPS) is 14.2. The number of carbonyl (C=O) groups excluding carboxylic acids is 1. The van der Waals surface area contributed by atoms with E-state index in [0.29, 0.717) is 36.1 Å². The van der Waals surface area contributed by atoms with Crippen LogP contribution in [0.1, 0.15) is 46.9 Å². The molecule has 0 fully saturated rings. The van der Waals surface area contributed by atoms with Crippen molar-refractivity contribution < 1.29 is 31.5 Å². The first-order valence-corrected chi connectivity index (χ1v) is 10.7. The highest BCUT2D eigenvalue weighted by Gasteiger charge is 2.35. The minimum atomic E-state index is -4.77. The number of ether oxygens (including phenoxy) is 1. The molecular weight excluding hydrogens is 471 g/mol. The number of fused-ring (bicyclic) bond motifs is 1. The van der Waals surface area contributed by atoms with Gasteiger partial charge in [-0.2, -0.15) is 13.2 Å². The van der Waals surface area contributed by atoms with Crippen molar-refractivity contribution in [1.82, 2.24) is 14.9 Å². The lowest BCUT2D eigenvalue weighted by molar-refractivity contribution is -0.138. The first-order chi connectivity index (χ1) is 16.5. The molecule has 0 radical (unpaired) electrons. The number of anilines is 1. The summed E-state index contributed by atoms with van der Waals surface area (Å²) in [5.74, 6) is -2.08. The highest BCUT2D eigenvalue weighted by molar-refractivity contribution is 5.99. The van der Waals surface area contributed by atoms with Crippen LogP contribution < -0.4 is 10.1 Å². The van der Waals surface area contributed by atoms with E-state index < -0.39 is 40.7 Å². The molecule has 4 rings (SSSR count). The van der Waals surface area contributed by atoms with Crippen LogP contribution in [0.4, 0.5) is 27.8 Å². The molecule has 1 aliphatic heterocycles. The van der Waals surface area contributed by atoms with Crippen LogP contribution in [-0.2, 0) is 12.7 Å². The van der Waals surface area contributed by atoms with Gasteiger partial charge in [-0.25, -0.2) is 13.8 Å². The summed E-state index contributed by atoms with van der Waals surface area (Å²) in [6, 6.07) is 3.18. The third kappa shape index (κ3) is 4.50. The van der Waals surface area contributed by atoms with E-state index in [2.05, 4.69) is 20.0 Å². The summed E-state index contributed by atoms with van der Waals surface area (Å²) in [7, 11) is 1.06. The molecule has 1 amide bonds. The van der Waals surface area contributed by atoms with Crippen molar-refractivity contribution in [2.45, 2.75) is 32.6 Å². The Balaban J connectivity index is 1.65. The summed E-state index contributed by atoms with van der Waals surface area (Å²) in [4.78, 5) is 22.1. The molecule has 2 aromatic heterocycles. The number of aromatic nitrogens is 2. The van der Waals surface area contributed by atoms with E-state index in [1.807, 2.05) is 6.92 Å². The number of alkyl halides is 3. The van der Waals surface area contributed by atoms with Gasteiger partial charge < -0.3 is 15.0 Å². The van der Waals surface area contributed by atoms with Gasteiger partial charge in [0.15, 0.2) is 0 Å². The number of amides is 1. The fourth-order valence-corrected chi connectivity index (χ4v) is 4.01. The molecule has 1 aliphatic rings. The van der Waals surface area contributed by atoms with Crippen molar-refractivity contribution in [3.63, 3.8) is 0 Å². The van der Waals surface area contributed by atoms with E-state index in [4.69, 9.17) is 0 Å². The second kappa shape index (κ2) is 9.12. The molecule has 0 saturated heterocycles. The third-order valence-corrected chi connectivity index (χ3v) is 5.88. The number of pyridine rings is 2. The lowest BCUT2D eigenvalue weighted by atomic mass is 10.0. The van der Waals surface area contributed by atoms with Crippen LogP contribution in [0.5, 0.6) is 5.75 Å². The molecule has 3 aromatic rings. The van der Waals surface area contributed by atoms with Crippen LogP contribution in [0, 0.1) is 11.6 Å². The average Bonchev–Trinajstić information content (AvgIpc) is 3.16. The molecular formula is C24H21F5N4O2. The standard InChI is InChI=1S/C24H21F5N4O2/c1-4-33-11-16-13(23(33)34)5-6-30-22(16)32-12(2)14-7-19(26)15(8-18(14)25)20-9-17(24(27,28)29)21(35-3)10-31-20/h5-10,12H,4,11H2,1-3H3,(H,30,32). The molecule has 0 bridgehead atoms. The Hall–Kier alpha value is -3.76. The summed E-state index contributed by atoms with van der Waals surface area (Å²) in [6.45, 7) is 4.29. The Morgan fingerprint density at radius 2 is 1.89 bits per heavy atom. The maximum absolute atomic E-state index is 15.0. The fraction of sp³-hybridized carbons (Fsp3) is 0.292. The van der Waals surface area contributed by atoms with E-state index in [0.717, 1.165) is 25.4 Å². The molecule has 3 heterocycles. The zero-order valence-corrected chi connectivity index (χ0v) is 19.0. The number of nitrogens with one attached hydrogen (secondary N) is 1. The van der Waals surface area contributed by atoms with E-state index in [-0.39, 0.29) is 17.2 Å². The van der Waals surface area contributed by atoms with Gasteiger partial charge in [0.25, 0.3) is 5.91 Å². The third-order valence-electron chi connectivity index (χ3n) is 5.88. The number of hydrogen-bond donors (Lipinski definition) is 1. The minimum absolute atomic E-state index is 0.0631. The second-order valence-electron chi connectivity index (χ2n) is 7.99.